The summed E-state index contributed by atoms with van der Waals surface area (Å²) in [5.41, 5.74) is 0. The number of nitrogens with zero attached hydrogens (tertiary/aromatic N) is 4. The zero-order valence-corrected chi connectivity index (χ0v) is 10.4. The summed E-state index contributed by atoms with van der Waals surface area (Å²) in [5.74, 6) is 2.12. The van der Waals surface area contributed by atoms with E-state index in [0.717, 1.165) is 37.7 Å². The largest absolute Gasteiger partial charge is 0.337 e. The van der Waals surface area contributed by atoms with Gasteiger partial charge in [-0.3, -0.25) is 0 Å². The van der Waals surface area contributed by atoms with Crippen LogP contribution in [0.4, 0.5) is 0 Å². The van der Waals surface area contributed by atoms with Crippen LogP contribution in [-0.4, -0.2) is 19.1 Å². The second-order valence-corrected chi connectivity index (χ2v) is 4.09. The third-order valence-corrected chi connectivity index (χ3v) is 2.75. The molecule has 5 nitrogen and oxygen atoms in total. The summed E-state index contributed by atoms with van der Waals surface area (Å²) < 4.78 is 4.21. The van der Waals surface area contributed by atoms with Gasteiger partial charge in [0.2, 0.25) is 0 Å². The van der Waals surface area contributed by atoms with Crippen molar-refractivity contribution in [2.45, 2.75) is 33.0 Å². The Bertz CT molecular complexity index is 457. The maximum Gasteiger partial charge on any atom is 0.122 e. The van der Waals surface area contributed by atoms with Crippen LogP contribution in [0.25, 0.3) is 0 Å². The first-order chi connectivity index (χ1) is 8.31. The van der Waals surface area contributed by atoms with Crippen LogP contribution < -0.4 is 5.32 Å². The third-order valence-electron chi connectivity index (χ3n) is 2.75. The molecule has 0 aliphatic heterocycles. The van der Waals surface area contributed by atoms with Gasteiger partial charge >= 0.3 is 0 Å². The quantitative estimate of drug-likeness (QED) is 0.818. The van der Waals surface area contributed by atoms with Crippen molar-refractivity contribution in [1.29, 1.82) is 0 Å². The fourth-order valence-corrected chi connectivity index (χ4v) is 1.80. The van der Waals surface area contributed by atoms with Gasteiger partial charge in [0, 0.05) is 38.4 Å². The molecule has 0 saturated carbocycles. The van der Waals surface area contributed by atoms with Crippen molar-refractivity contribution in [1.82, 2.24) is 24.4 Å². The van der Waals surface area contributed by atoms with Crippen molar-refractivity contribution in [3.05, 3.63) is 36.4 Å². The van der Waals surface area contributed by atoms with Crippen molar-refractivity contribution in [3.8, 4) is 0 Å². The maximum absolute atomic E-state index is 4.35. The highest BCUT2D eigenvalue weighted by Gasteiger charge is 2.02. The van der Waals surface area contributed by atoms with Crippen LogP contribution >= 0.6 is 0 Å². The lowest BCUT2D eigenvalue weighted by molar-refractivity contribution is 0.573. The molecule has 0 aliphatic carbocycles. The van der Waals surface area contributed by atoms with E-state index in [0.29, 0.717) is 0 Å². The molecule has 2 aromatic heterocycles. The molecule has 0 saturated heterocycles. The fraction of sp³-hybridized carbons (Fsp3) is 0.500. The highest BCUT2D eigenvalue weighted by molar-refractivity contribution is 4.94. The molecule has 0 amide bonds. The number of hydrogen-bond acceptors (Lipinski definition) is 3. The van der Waals surface area contributed by atoms with Crippen LogP contribution in [0.3, 0.4) is 0 Å². The van der Waals surface area contributed by atoms with Gasteiger partial charge in [-0.2, -0.15) is 0 Å². The topological polar surface area (TPSA) is 47.7 Å². The normalized spacial score (nSPS) is 10.9. The van der Waals surface area contributed by atoms with Crippen molar-refractivity contribution >= 4 is 0 Å². The molecule has 0 unspecified atom stereocenters. The van der Waals surface area contributed by atoms with Crippen LogP contribution in [0, 0.1) is 0 Å². The smallest absolute Gasteiger partial charge is 0.122 e. The van der Waals surface area contributed by atoms with E-state index in [1.165, 1.54) is 0 Å². The zero-order valence-electron chi connectivity index (χ0n) is 10.4. The Hall–Kier alpha value is -1.62. The molecule has 17 heavy (non-hydrogen) atoms. The van der Waals surface area contributed by atoms with E-state index in [4.69, 9.17) is 0 Å². The Kier molecular flexibility index (Phi) is 3.93. The molecular formula is C12H19N5. The molecule has 0 aliphatic rings. The van der Waals surface area contributed by atoms with Crippen LogP contribution in [0.15, 0.2) is 24.8 Å². The summed E-state index contributed by atoms with van der Waals surface area (Å²) in [6.45, 7) is 4.74. The van der Waals surface area contributed by atoms with E-state index < -0.39 is 0 Å². The summed E-state index contributed by atoms with van der Waals surface area (Å²) in [7, 11) is 2.00. The molecule has 0 fully saturated rings. The number of rotatable bonds is 6. The van der Waals surface area contributed by atoms with Crippen molar-refractivity contribution < 1.29 is 0 Å². The minimum Gasteiger partial charge on any atom is -0.337 e. The first-order valence-electron chi connectivity index (χ1n) is 5.98. The number of nitrogens with one attached hydrogen (secondary N) is 1. The Morgan fingerprint density at radius 1 is 1.12 bits per heavy atom. The second-order valence-electron chi connectivity index (χ2n) is 4.09. The average Bonchev–Trinajstić information content (AvgIpc) is 2.90. The Morgan fingerprint density at radius 3 is 2.53 bits per heavy atom. The van der Waals surface area contributed by atoms with Crippen LogP contribution in [0.1, 0.15) is 25.0 Å². The van der Waals surface area contributed by atoms with Gasteiger partial charge in [-0.15, -0.1) is 0 Å². The Balaban J connectivity index is 1.86. The van der Waals surface area contributed by atoms with Gasteiger partial charge in [0.15, 0.2) is 0 Å². The zero-order chi connectivity index (χ0) is 12.1. The minimum absolute atomic E-state index is 0.766. The number of imidazole rings is 2. The summed E-state index contributed by atoms with van der Waals surface area (Å²) in [6, 6.07) is 0. The van der Waals surface area contributed by atoms with Gasteiger partial charge in [-0.05, 0) is 6.42 Å². The van der Waals surface area contributed by atoms with Gasteiger partial charge < -0.3 is 14.5 Å². The lowest BCUT2D eigenvalue weighted by Gasteiger charge is -2.07. The average molecular weight is 233 g/mol. The minimum atomic E-state index is 0.766. The molecule has 0 atom stereocenters. The van der Waals surface area contributed by atoms with Gasteiger partial charge in [-0.25, -0.2) is 9.97 Å². The predicted octanol–water partition coefficient (Wildman–Crippen LogP) is 1.32. The van der Waals surface area contributed by atoms with E-state index in [1.54, 1.807) is 0 Å². The molecule has 92 valence electrons. The van der Waals surface area contributed by atoms with Crippen LogP contribution in [-0.2, 0) is 26.7 Å². The maximum atomic E-state index is 4.35. The molecule has 2 rings (SSSR count). The molecular weight excluding hydrogens is 214 g/mol. The summed E-state index contributed by atoms with van der Waals surface area (Å²) >= 11 is 0. The summed E-state index contributed by atoms with van der Waals surface area (Å²) in [5, 5.41) is 3.36. The van der Waals surface area contributed by atoms with Crippen LogP contribution in [0.5, 0.6) is 0 Å². The molecule has 2 aromatic rings. The van der Waals surface area contributed by atoms with Gasteiger partial charge in [0.05, 0.1) is 13.1 Å². The number of hydrogen-bond donors (Lipinski definition) is 1. The second kappa shape index (κ2) is 5.63. The first-order valence-corrected chi connectivity index (χ1v) is 5.98. The lowest BCUT2D eigenvalue weighted by atomic mass is 10.4. The molecule has 0 spiro atoms. The predicted molar refractivity (Wildman–Crippen MR) is 66.3 cm³/mol. The standard InChI is InChI=1S/C12H19N5/c1-3-6-17-8-5-15-12(17)10-13-9-11-14-4-7-16(11)2/h4-5,7-8,13H,3,6,9-10H2,1-2H3. The highest BCUT2D eigenvalue weighted by atomic mass is 15.1. The third kappa shape index (κ3) is 2.94. The summed E-state index contributed by atoms with van der Waals surface area (Å²) in [6.07, 6.45) is 8.78. The van der Waals surface area contributed by atoms with Gasteiger partial charge in [-0.1, -0.05) is 6.92 Å². The van der Waals surface area contributed by atoms with Crippen molar-refractivity contribution in [2.24, 2.45) is 7.05 Å². The van der Waals surface area contributed by atoms with Crippen molar-refractivity contribution in [3.63, 3.8) is 0 Å². The molecule has 2 heterocycles. The van der Waals surface area contributed by atoms with E-state index in [9.17, 15) is 0 Å². The SMILES string of the molecule is CCCn1ccnc1CNCc1nccn1C. The van der Waals surface area contributed by atoms with Crippen LogP contribution in [0.2, 0.25) is 0 Å². The van der Waals surface area contributed by atoms with E-state index in [2.05, 4.69) is 26.8 Å². The Labute approximate surface area is 102 Å². The molecule has 1 N–H and O–H groups in total. The van der Waals surface area contributed by atoms with Crippen molar-refractivity contribution in [2.75, 3.05) is 0 Å². The number of aromatic nitrogens is 4. The number of aryl methyl sites for hydroxylation is 2. The summed E-state index contributed by atoms with van der Waals surface area (Å²) in [4.78, 5) is 8.62. The molecule has 0 bridgehead atoms. The van der Waals surface area contributed by atoms with Gasteiger partial charge in [0.25, 0.3) is 0 Å². The fourth-order valence-electron chi connectivity index (χ4n) is 1.80. The first kappa shape index (κ1) is 11.9. The lowest BCUT2D eigenvalue weighted by Crippen LogP contribution is -2.18. The van der Waals surface area contributed by atoms with E-state index >= 15 is 0 Å². The van der Waals surface area contributed by atoms with E-state index in [1.807, 2.05) is 36.4 Å². The highest BCUT2D eigenvalue weighted by Crippen LogP contribution is 2.00. The Morgan fingerprint density at radius 2 is 1.82 bits per heavy atom. The van der Waals surface area contributed by atoms with Gasteiger partial charge in [0.1, 0.15) is 11.6 Å². The molecule has 0 aromatic carbocycles. The van der Waals surface area contributed by atoms with E-state index in [-0.39, 0.29) is 0 Å². The molecule has 0 radical (unpaired) electrons. The monoisotopic (exact) mass is 233 g/mol. The molecule has 5 heteroatoms.